The third-order valence-electron chi connectivity index (χ3n) is 4.89. The van der Waals surface area contributed by atoms with Crippen LogP contribution in [0.15, 0.2) is 53.4 Å². The fourth-order valence-electron chi connectivity index (χ4n) is 3.31. The van der Waals surface area contributed by atoms with E-state index in [4.69, 9.17) is 4.74 Å². The zero-order valence-corrected chi connectivity index (χ0v) is 17.0. The van der Waals surface area contributed by atoms with Crippen LogP contribution in [0.2, 0.25) is 0 Å². The van der Waals surface area contributed by atoms with Gasteiger partial charge in [0, 0.05) is 26.2 Å². The minimum Gasteiger partial charge on any atom is -0.497 e. The van der Waals surface area contributed by atoms with Crippen molar-refractivity contribution in [3.05, 3.63) is 59.7 Å². The van der Waals surface area contributed by atoms with Gasteiger partial charge in [0.15, 0.2) is 0 Å². The molecule has 0 aromatic heterocycles. The van der Waals surface area contributed by atoms with E-state index in [1.807, 2.05) is 0 Å². The lowest BCUT2D eigenvalue weighted by Crippen LogP contribution is -2.51. The minimum atomic E-state index is -4.78. The van der Waals surface area contributed by atoms with Crippen molar-refractivity contribution < 1.29 is 31.1 Å². The maximum Gasteiger partial charge on any atom is 0.417 e. The van der Waals surface area contributed by atoms with E-state index in [0.717, 1.165) is 28.1 Å². The molecule has 1 saturated heterocycles. The van der Waals surface area contributed by atoms with Crippen LogP contribution in [0.5, 0.6) is 5.75 Å². The number of piperazine rings is 1. The van der Waals surface area contributed by atoms with Gasteiger partial charge in [-0.1, -0.05) is 24.3 Å². The zero-order valence-electron chi connectivity index (χ0n) is 16.2. The van der Waals surface area contributed by atoms with Crippen LogP contribution in [0.4, 0.5) is 13.2 Å². The molecule has 0 atom stereocenters. The van der Waals surface area contributed by atoms with Gasteiger partial charge in [0.2, 0.25) is 15.9 Å². The fraction of sp³-hybridized carbons (Fsp3) is 0.350. The van der Waals surface area contributed by atoms with E-state index in [1.54, 1.807) is 24.3 Å². The lowest BCUT2D eigenvalue weighted by atomic mass is 10.1. The molecular formula is C20H21F3N2O4S. The summed E-state index contributed by atoms with van der Waals surface area (Å²) < 4.78 is 71.4. The largest absolute Gasteiger partial charge is 0.497 e. The molecule has 0 radical (unpaired) electrons. The molecule has 1 fully saturated rings. The number of carbonyl (C=O) groups excluding carboxylic acids is 1. The highest BCUT2D eigenvalue weighted by molar-refractivity contribution is 7.89. The quantitative estimate of drug-likeness (QED) is 0.714. The van der Waals surface area contributed by atoms with Gasteiger partial charge in [-0.05, 0) is 29.8 Å². The Hall–Kier alpha value is -2.59. The van der Waals surface area contributed by atoms with Gasteiger partial charge in [-0.3, -0.25) is 4.79 Å². The lowest BCUT2D eigenvalue weighted by Gasteiger charge is -2.34. The van der Waals surface area contributed by atoms with Crippen LogP contribution in [0.25, 0.3) is 0 Å². The molecule has 0 bridgehead atoms. The average molecular weight is 442 g/mol. The topological polar surface area (TPSA) is 66.9 Å². The number of alkyl halides is 3. The smallest absolute Gasteiger partial charge is 0.417 e. The van der Waals surface area contributed by atoms with E-state index in [2.05, 4.69) is 0 Å². The second kappa shape index (κ2) is 8.65. The van der Waals surface area contributed by atoms with Crippen molar-refractivity contribution in [2.24, 2.45) is 0 Å². The molecule has 0 saturated carbocycles. The number of carbonyl (C=O) groups is 1. The van der Waals surface area contributed by atoms with Crippen LogP contribution < -0.4 is 4.74 Å². The number of ether oxygens (including phenoxy) is 1. The lowest BCUT2D eigenvalue weighted by molar-refractivity contribution is -0.139. The number of amides is 1. The first-order valence-corrected chi connectivity index (χ1v) is 10.6. The molecule has 0 aliphatic carbocycles. The van der Waals surface area contributed by atoms with E-state index in [-0.39, 0.29) is 38.5 Å². The predicted molar refractivity (Wildman–Crippen MR) is 103 cm³/mol. The Bertz CT molecular complexity index is 1020. The number of hydrogen-bond acceptors (Lipinski definition) is 4. The Morgan fingerprint density at radius 3 is 2.33 bits per heavy atom. The summed E-state index contributed by atoms with van der Waals surface area (Å²) in [5.41, 5.74) is -0.435. The van der Waals surface area contributed by atoms with Crippen molar-refractivity contribution in [1.29, 1.82) is 0 Å². The van der Waals surface area contributed by atoms with Gasteiger partial charge in [0.05, 0.1) is 24.0 Å². The molecule has 0 spiro atoms. The van der Waals surface area contributed by atoms with E-state index in [9.17, 15) is 26.4 Å². The highest BCUT2D eigenvalue weighted by Gasteiger charge is 2.39. The van der Waals surface area contributed by atoms with Gasteiger partial charge in [-0.2, -0.15) is 17.5 Å². The molecule has 1 heterocycles. The van der Waals surface area contributed by atoms with Crippen LogP contribution >= 0.6 is 0 Å². The van der Waals surface area contributed by atoms with Crippen molar-refractivity contribution in [2.45, 2.75) is 17.5 Å². The van der Waals surface area contributed by atoms with Gasteiger partial charge in [0.25, 0.3) is 0 Å². The molecule has 1 amide bonds. The van der Waals surface area contributed by atoms with Crippen molar-refractivity contribution in [3.8, 4) is 5.75 Å². The highest BCUT2D eigenvalue weighted by Crippen LogP contribution is 2.35. The standard InChI is InChI=1S/C20H21F3N2O4S/c1-29-16-6-4-5-15(13-16)14-19(26)24-9-11-25(12-10-24)30(27,28)18-8-3-2-7-17(18)20(21,22)23/h2-8,13H,9-12,14H2,1H3. The summed E-state index contributed by atoms with van der Waals surface area (Å²) in [6.07, 6.45) is -4.65. The van der Waals surface area contributed by atoms with E-state index >= 15 is 0 Å². The number of hydrogen-bond donors (Lipinski definition) is 0. The molecular weight excluding hydrogens is 421 g/mol. The van der Waals surface area contributed by atoms with Crippen LogP contribution in [-0.2, 0) is 27.4 Å². The van der Waals surface area contributed by atoms with Crippen molar-refractivity contribution >= 4 is 15.9 Å². The Balaban J connectivity index is 1.68. The summed E-state index contributed by atoms with van der Waals surface area (Å²) in [5, 5.41) is 0. The summed E-state index contributed by atoms with van der Waals surface area (Å²) in [6.45, 7) is 0.0726. The first-order chi connectivity index (χ1) is 14.1. The van der Waals surface area contributed by atoms with Crippen LogP contribution in [0, 0.1) is 0 Å². The summed E-state index contributed by atoms with van der Waals surface area (Å²) in [5.74, 6) is 0.440. The number of rotatable bonds is 5. The Kier molecular flexibility index (Phi) is 6.37. The van der Waals surface area contributed by atoms with Gasteiger partial charge in [-0.15, -0.1) is 0 Å². The fourth-order valence-corrected chi connectivity index (χ4v) is 4.95. The van der Waals surface area contributed by atoms with Gasteiger partial charge < -0.3 is 9.64 Å². The number of sulfonamides is 1. The summed E-state index contributed by atoms with van der Waals surface area (Å²) >= 11 is 0. The van der Waals surface area contributed by atoms with Crippen LogP contribution in [0.1, 0.15) is 11.1 Å². The number of halogens is 3. The third kappa shape index (κ3) is 4.76. The molecule has 1 aliphatic rings. The molecule has 0 unspecified atom stereocenters. The van der Waals surface area contributed by atoms with Crippen molar-refractivity contribution in [3.63, 3.8) is 0 Å². The van der Waals surface area contributed by atoms with E-state index in [1.165, 1.54) is 18.1 Å². The third-order valence-corrected chi connectivity index (χ3v) is 6.85. The molecule has 0 N–H and O–H groups in total. The van der Waals surface area contributed by atoms with Gasteiger partial charge >= 0.3 is 6.18 Å². The Morgan fingerprint density at radius 1 is 1.03 bits per heavy atom. The number of benzene rings is 2. The number of methoxy groups -OCH3 is 1. The van der Waals surface area contributed by atoms with Crippen LogP contribution in [-0.4, -0.2) is 56.8 Å². The SMILES string of the molecule is COc1cccc(CC(=O)N2CCN(S(=O)(=O)c3ccccc3C(F)(F)F)CC2)c1. The first kappa shape index (κ1) is 22.1. The Morgan fingerprint density at radius 2 is 1.70 bits per heavy atom. The maximum atomic E-state index is 13.2. The zero-order chi connectivity index (χ0) is 21.9. The second-order valence-electron chi connectivity index (χ2n) is 6.81. The highest BCUT2D eigenvalue weighted by atomic mass is 32.2. The molecule has 10 heteroatoms. The average Bonchev–Trinajstić information content (AvgIpc) is 2.73. The minimum absolute atomic E-state index is 0.0711. The van der Waals surface area contributed by atoms with E-state index in [0.29, 0.717) is 5.75 Å². The molecule has 1 aliphatic heterocycles. The second-order valence-corrected chi connectivity index (χ2v) is 8.71. The number of nitrogens with zero attached hydrogens (tertiary/aromatic N) is 2. The summed E-state index contributed by atoms with van der Waals surface area (Å²) in [4.78, 5) is 13.3. The van der Waals surface area contributed by atoms with Crippen molar-refractivity contribution in [2.75, 3.05) is 33.3 Å². The summed E-state index contributed by atoms with van der Waals surface area (Å²) in [6, 6.07) is 11.2. The monoisotopic (exact) mass is 442 g/mol. The van der Waals surface area contributed by atoms with Crippen molar-refractivity contribution in [1.82, 2.24) is 9.21 Å². The normalized spacial score (nSPS) is 15.8. The maximum absolute atomic E-state index is 13.2. The molecule has 30 heavy (non-hydrogen) atoms. The van der Waals surface area contributed by atoms with Gasteiger partial charge in [-0.25, -0.2) is 8.42 Å². The van der Waals surface area contributed by atoms with Crippen LogP contribution in [0.3, 0.4) is 0 Å². The van der Waals surface area contributed by atoms with Gasteiger partial charge in [0.1, 0.15) is 5.75 Å². The Labute approximate surface area is 172 Å². The summed E-state index contributed by atoms with van der Waals surface area (Å²) in [7, 11) is -2.81. The first-order valence-electron chi connectivity index (χ1n) is 9.20. The molecule has 2 aromatic carbocycles. The molecule has 6 nitrogen and oxygen atoms in total. The van der Waals surface area contributed by atoms with E-state index < -0.39 is 26.7 Å². The predicted octanol–water partition coefficient (Wildman–Crippen LogP) is 2.79. The molecule has 3 rings (SSSR count). The molecule has 2 aromatic rings. The molecule has 162 valence electrons.